The van der Waals surface area contributed by atoms with E-state index in [-0.39, 0.29) is 0 Å². The van der Waals surface area contributed by atoms with Gasteiger partial charge in [0.05, 0.1) is 5.56 Å². The van der Waals surface area contributed by atoms with E-state index in [1.165, 1.54) is 48.9 Å². The van der Waals surface area contributed by atoms with Gasteiger partial charge in [-0.25, -0.2) is 0 Å². The monoisotopic (exact) mass is 432 g/mol. The Balaban J connectivity index is 1.82. The van der Waals surface area contributed by atoms with Crippen LogP contribution in [0, 0.1) is 6.92 Å². The number of ether oxygens (including phenoxy) is 1. The number of para-hydroxylation sites is 1. The summed E-state index contributed by atoms with van der Waals surface area (Å²) in [6, 6.07) is 30.6. The van der Waals surface area contributed by atoms with E-state index in [1.54, 1.807) is 0 Å². The van der Waals surface area contributed by atoms with Crippen LogP contribution in [0.25, 0.3) is 32.9 Å². The Morgan fingerprint density at radius 2 is 1.53 bits per heavy atom. The summed E-state index contributed by atoms with van der Waals surface area (Å²) in [7, 11) is 0.0958. The molecule has 0 bridgehead atoms. The smallest absolute Gasteiger partial charge is 0.256 e. The second-order valence-electron chi connectivity index (χ2n) is 9.33. The topological polar surface area (TPSA) is 13.1 Å². The van der Waals surface area contributed by atoms with E-state index in [0.717, 1.165) is 11.5 Å². The van der Waals surface area contributed by atoms with E-state index in [2.05, 4.69) is 117 Å². The maximum atomic E-state index is 6.85. The summed E-state index contributed by atoms with van der Waals surface area (Å²) in [4.78, 5) is 0. The third-order valence-electron chi connectivity index (χ3n) is 7.10. The minimum Gasteiger partial charge on any atom is -0.450 e. The number of fused-ring (bicyclic) bond motifs is 3. The Morgan fingerprint density at radius 3 is 2.34 bits per heavy atom. The van der Waals surface area contributed by atoms with E-state index in [9.17, 15) is 0 Å². The van der Waals surface area contributed by atoms with Gasteiger partial charge >= 0.3 is 0 Å². The zero-order valence-corrected chi connectivity index (χ0v) is 19.9. The summed E-state index contributed by atoms with van der Waals surface area (Å²) in [6.07, 6.45) is 0. The lowest BCUT2D eigenvalue weighted by atomic mass is 9.93. The second-order valence-corrected chi connectivity index (χ2v) is 13.7. The van der Waals surface area contributed by atoms with Crippen LogP contribution in [0.5, 0.6) is 11.5 Å². The Kier molecular flexibility index (Phi) is 4.08. The van der Waals surface area contributed by atoms with E-state index in [4.69, 9.17) is 4.74 Å². The lowest BCUT2D eigenvalue weighted by Crippen LogP contribution is -2.55. The SMILES string of the molecule is Cc1ccc2cccc3c2c1-c1c(c([Si](C)(C)c2ccccc2)c2ccccc2[n+]1C)O3. The molecule has 0 N–H and O–H groups in total. The van der Waals surface area contributed by atoms with Gasteiger partial charge in [0.2, 0.25) is 5.52 Å². The Hall–Kier alpha value is -3.43. The third kappa shape index (κ3) is 2.55. The molecule has 0 fully saturated rings. The van der Waals surface area contributed by atoms with Crippen molar-refractivity contribution in [1.82, 2.24) is 0 Å². The molecule has 4 aromatic carbocycles. The second kappa shape index (κ2) is 6.78. The molecule has 6 rings (SSSR count). The normalized spacial score (nSPS) is 12.6. The number of aryl methyl sites for hydroxylation is 2. The predicted octanol–water partition coefficient (Wildman–Crippen LogP) is 5.72. The lowest BCUT2D eigenvalue weighted by Gasteiger charge is -2.30. The summed E-state index contributed by atoms with van der Waals surface area (Å²) < 4.78 is 9.18. The fourth-order valence-electron chi connectivity index (χ4n) is 5.44. The highest BCUT2D eigenvalue weighted by atomic mass is 28.3. The Labute approximate surface area is 189 Å². The first-order chi connectivity index (χ1) is 15.5. The van der Waals surface area contributed by atoms with Crippen molar-refractivity contribution in [2.45, 2.75) is 20.0 Å². The number of aromatic nitrogens is 1. The van der Waals surface area contributed by atoms with Crippen molar-refractivity contribution in [3.63, 3.8) is 0 Å². The van der Waals surface area contributed by atoms with Crippen LogP contribution in [0.4, 0.5) is 0 Å². The highest BCUT2D eigenvalue weighted by molar-refractivity contribution is 7.02. The largest absolute Gasteiger partial charge is 0.450 e. The molecule has 156 valence electrons. The van der Waals surface area contributed by atoms with Crippen LogP contribution in [0.2, 0.25) is 13.1 Å². The zero-order chi connectivity index (χ0) is 22.0. The molecule has 0 saturated carbocycles. The molecule has 2 nitrogen and oxygen atoms in total. The van der Waals surface area contributed by atoms with Gasteiger partial charge < -0.3 is 4.74 Å². The number of nitrogens with zero attached hydrogens (tertiary/aromatic N) is 1. The fourth-order valence-corrected chi connectivity index (χ4v) is 8.38. The molecule has 1 aliphatic rings. The number of rotatable bonds is 2. The van der Waals surface area contributed by atoms with Crippen LogP contribution in [-0.2, 0) is 7.05 Å². The highest BCUT2D eigenvalue weighted by Gasteiger charge is 2.40. The van der Waals surface area contributed by atoms with Crippen LogP contribution < -0.4 is 19.7 Å². The van der Waals surface area contributed by atoms with E-state index in [1.807, 2.05) is 0 Å². The molecule has 0 amide bonds. The van der Waals surface area contributed by atoms with E-state index < -0.39 is 8.07 Å². The van der Waals surface area contributed by atoms with Crippen LogP contribution in [-0.4, -0.2) is 8.07 Å². The molecule has 0 aliphatic carbocycles. The number of benzene rings is 4. The minimum absolute atomic E-state index is 0.961. The first-order valence-corrected chi connectivity index (χ1v) is 14.2. The van der Waals surface area contributed by atoms with Gasteiger partial charge in [-0.3, -0.25) is 0 Å². The molecule has 0 unspecified atom stereocenters. The van der Waals surface area contributed by atoms with Gasteiger partial charge in [0.25, 0.3) is 5.69 Å². The van der Waals surface area contributed by atoms with Crippen molar-refractivity contribution >= 4 is 40.1 Å². The first kappa shape index (κ1) is 19.3. The quantitative estimate of drug-likeness (QED) is 0.252. The van der Waals surface area contributed by atoms with E-state index >= 15 is 0 Å². The first-order valence-electron chi connectivity index (χ1n) is 11.2. The van der Waals surface area contributed by atoms with Crippen LogP contribution >= 0.6 is 0 Å². The predicted molar refractivity (Wildman–Crippen MR) is 136 cm³/mol. The molecule has 0 atom stereocenters. The van der Waals surface area contributed by atoms with Gasteiger partial charge in [-0.05, 0) is 30.0 Å². The zero-order valence-electron chi connectivity index (χ0n) is 18.9. The summed E-state index contributed by atoms with van der Waals surface area (Å²) in [6.45, 7) is 7.11. The maximum Gasteiger partial charge on any atom is 0.256 e. The summed E-state index contributed by atoms with van der Waals surface area (Å²) >= 11 is 0. The Bertz CT molecular complexity index is 1540. The van der Waals surface area contributed by atoms with Gasteiger partial charge in [0, 0.05) is 22.0 Å². The molecule has 0 radical (unpaired) electrons. The Morgan fingerprint density at radius 1 is 0.781 bits per heavy atom. The van der Waals surface area contributed by atoms with Crippen molar-refractivity contribution in [3.05, 3.63) is 90.5 Å². The molecule has 5 aromatic rings. The average Bonchev–Trinajstić information content (AvgIpc) is 2.81. The van der Waals surface area contributed by atoms with Crippen molar-refractivity contribution in [1.29, 1.82) is 0 Å². The van der Waals surface area contributed by atoms with Gasteiger partial charge in [0.1, 0.15) is 20.9 Å². The molecule has 0 saturated heterocycles. The van der Waals surface area contributed by atoms with Crippen LogP contribution in [0.1, 0.15) is 5.56 Å². The molecule has 2 heterocycles. The summed E-state index contributed by atoms with van der Waals surface area (Å²) in [5, 5.41) is 6.52. The van der Waals surface area contributed by atoms with Crippen molar-refractivity contribution in [2.24, 2.45) is 7.05 Å². The molecular formula is C29H26NOSi+. The average molecular weight is 433 g/mol. The standard InChI is InChI=1S/C29H26NOSi/c1-19-17-18-20-11-10-16-24-26(20)25(19)27-28(31-24)29(22-14-8-9-15-23(22)30(27)2)32(3,4)21-12-6-5-7-13-21/h5-18H,1-4H3/q+1. The molecule has 1 aromatic heterocycles. The number of pyridine rings is 1. The van der Waals surface area contributed by atoms with Gasteiger partial charge in [-0.1, -0.05) is 85.0 Å². The van der Waals surface area contributed by atoms with Gasteiger partial charge in [-0.15, -0.1) is 0 Å². The van der Waals surface area contributed by atoms with Crippen LogP contribution in [0.15, 0.2) is 84.9 Å². The van der Waals surface area contributed by atoms with Gasteiger partial charge in [-0.2, -0.15) is 4.57 Å². The molecular weight excluding hydrogens is 406 g/mol. The maximum absolute atomic E-state index is 6.85. The highest BCUT2D eigenvalue weighted by Crippen LogP contribution is 2.46. The lowest BCUT2D eigenvalue weighted by molar-refractivity contribution is -0.633. The molecule has 32 heavy (non-hydrogen) atoms. The van der Waals surface area contributed by atoms with E-state index in [0.29, 0.717) is 0 Å². The van der Waals surface area contributed by atoms with Crippen molar-refractivity contribution in [2.75, 3.05) is 0 Å². The van der Waals surface area contributed by atoms with Crippen molar-refractivity contribution < 1.29 is 9.30 Å². The van der Waals surface area contributed by atoms with Gasteiger partial charge in [0.15, 0.2) is 5.75 Å². The number of hydrogen-bond donors (Lipinski definition) is 0. The molecule has 0 spiro atoms. The number of hydrogen-bond acceptors (Lipinski definition) is 1. The van der Waals surface area contributed by atoms with Crippen molar-refractivity contribution in [3.8, 4) is 22.8 Å². The third-order valence-corrected chi connectivity index (χ3v) is 10.6. The minimum atomic E-state index is -2.08. The summed E-state index contributed by atoms with van der Waals surface area (Å²) in [5.41, 5.74) is 5.02. The van der Waals surface area contributed by atoms with Crippen LogP contribution in [0.3, 0.4) is 0 Å². The fraction of sp³-hybridized carbons (Fsp3) is 0.138. The molecule has 1 aliphatic heterocycles. The summed E-state index contributed by atoms with van der Waals surface area (Å²) in [5.74, 6) is 1.99. The molecule has 3 heteroatoms.